The van der Waals surface area contributed by atoms with Gasteiger partial charge in [0.15, 0.2) is 6.10 Å². The van der Waals surface area contributed by atoms with Crippen molar-refractivity contribution in [3.8, 4) is 5.75 Å². The Balaban J connectivity index is 3.15. The first kappa shape index (κ1) is 16.3. The molecule has 0 radical (unpaired) electrons. The van der Waals surface area contributed by atoms with Gasteiger partial charge in [-0.2, -0.15) is 13.2 Å². The van der Waals surface area contributed by atoms with Gasteiger partial charge in [0, 0.05) is 0 Å². The fraction of sp³-hybridized carbons (Fsp3) is 0.462. The van der Waals surface area contributed by atoms with Gasteiger partial charge in [0.1, 0.15) is 5.75 Å². The summed E-state index contributed by atoms with van der Waals surface area (Å²) in [5.74, 6) is -1.78. The van der Waals surface area contributed by atoms with Gasteiger partial charge in [-0.15, -0.1) is 0 Å². The molecular formula is C13H16F3NO3. The minimum atomic E-state index is -4.61. The summed E-state index contributed by atoms with van der Waals surface area (Å²) < 4.78 is 43.9. The summed E-state index contributed by atoms with van der Waals surface area (Å²) in [6.07, 6.45) is -5.55. The number of benzene rings is 1. The van der Waals surface area contributed by atoms with Gasteiger partial charge in [-0.3, -0.25) is 0 Å². The van der Waals surface area contributed by atoms with Crippen LogP contribution in [0.25, 0.3) is 0 Å². The van der Waals surface area contributed by atoms with Gasteiger partial charge < -0.3 is 15.6 Å². The lowest BCUT2D eigenvalue weighted by molar-refractivity contribution is -0.148. The predicted octanol–water partition coefficient (Wildman–Crippen LogP) is 2.45. The van der Waals surface area contributed by atoms with Crippen LogP contribution in [0.4, 0.5) is 13.2 Å². The van der Waals surface area contributed by atoms with E-state index in [1.165, 1.54) is 13.0 Å². The predicted molar refractivity (Wildman–Crippen MR) is 66.5 cm³/mol. The summed E-state index contributed by atoms with van der Waals surface area (Å²) in [4.78, 5) is 10.8. The van der Waals surface area contributed by atoms with Crippen LogP contribution in [-0.2, 0) is 17.4 Å². The Kier molecular flexibility index (Phi) is 5.38. The van der Waals surface area contributed by atoms with Gasteiger partial charge in [0.25, 0.3) is 0 Å². The first-order valence-corrected chi connectivity index (χ1v) is 6.09. The van der Waals surface area contributed by atoms with E-state index in [4.69, 9.17) is 15.6 Å². The minimum Gasteiger partial charge on any atom is -0.479 e. The third-order valence-corrected chi connectivity index (χ3v) is 2.70. The number of hydrogen-bond donors (Lipinski definition) is 2. The summed E-state index contributed by atoms with van der Waals surface area (Å²) in [6.45, 7) is 1.75. The molecule has 112 valence electrons. The van der Waals surface area contributed by atoms with Crippen molar-refractivity contribution in [2.45, 2.75) is 32.0 Å². The molecule has 0 amide bonds. The van der Waals surface area contributed by atoms with Crippen molar-refractivity contribution in [2.24, 2.45) is 5.73 Å². The number of ether oxygens (including phenoxy) is 1. The Morgan fingerprint density at radius 1 is 1.45 bits per heavy atom. The lowest BCUT2D eigenvalue weighted by Gasteiger charge is -2.18. The Hall–Kier alpha value is -1.76. The Morgan fingerprint density at radius 3 is 2.55 bits per heavy atom. The zero-order chi connectivity index (χ0) is 15.3. The monoisotopic (exact) mass is 291 g/mol. The normalized spacial score (nSPS) is 13.1. The first-order chi connectivity index (χ1) is 9.29. The smallest absolute Gasteiger partial charge is 0.419 e. The van der Waals surface area contributed by atoms with E-state index in [0.29, 0.717) is 12.0 Å². The molecule has 3 N–H and O–H groups in total. The van der Waals surface area contributed by atoms with Crippen LogP contribution in [0.5, 0.6) is 5.75 Å². The fourth-order valence-corrected chi connectivity index (χ4v) is 1.69. The van der Waals surface area contributed by atoms with Crippen molar-refractivity contribution in [2.75, 3.05) is 6.54 Å². The molecule has 1 aromatic rings. The van der Waals surface area contributed by atoms with Crippen LogP contribution in [-0.4, -0.2) is 23.7 Å². The molecule has 0 aliphatic carbocycles. The van der Waals surface area contributed by atoms with Gasteiger partial charge in [-0.25, -0.2) is 4.79 Å². The molecule has 1 unspecified atom stereocenters. The van der Waals surface area contributed by atoms with E-state index < -0.39 is 29.6 Å². The van der Waals surface area contributed by atoms with Crippen molar-refractivity contribution < 1.29 is 27.8 Å². The molecule has 0 fully saturated rings. The minimum absolute atomic E-state index is 0.0666. The number of nitrogens with two attached hydrogens (primary N) is 1. The maximum absolute atomic E-state index is 13.0. The van der Waals surface area contributed by atoms with Crippen LogP contribution >= 0.6 is 0 Å². The Bertz CT molecular complexity index is 474. The topological polar surface area (TPSA) is 72.5 Å². The lowest BCUT2D eigenvalue weighted by Crippen LogP contribution is -2.27. The molecule has 20 heavy (non-hydrogen) atoms. The number of rotatable bonds is 6. The standard InChI is InChI=1S/C13H16F3NO3/c1-2-10(12(18)19)20-11-4-3-8(5-6-17)7-9(11)13(14,15)16/h3-4,7,10H,2,5-6,17H2,1H3,(H,18,19). The van der Waals surface area contributed by atoms with Crippen LogP contribution in [0.2, 0.25) is 0 Å². The molecular weight excluding hydrogens is 275 g/mol. The molecule has 7 heteroatoms. The molecule has 0 heterocycles. The largest absolute Gasteiger partial charge is 0.479 e. The highest BCUT2D eigenvalue weighted by Gasteiger charge is 2.35. The zero-order valence-electron chi connectivity index (χ0n) is 10.9. The molecule has 0 aliphatic rings. The number of alkyl halides is 3. The molecule has 0 aliphatic heterocycles. The molecule has 1 aromatic carbocycles. The highest BCUT2D eigenvalue weighted by Crippen LogP contribution is 2.37. The summed E-state index contributed by atoms with van der Waals surface area (Å²) >= 11 is 0. The molecule has 0 bridgehead atoms. The van der Waals surface area contributed by atoms with Crippen LogP contribution in [0.15, 0.2) is 18.2 Å². The van der Waals surface area contributed by atoms with Gasteiger partial charge in [0.2, 0.25) is 0 Å². The van der Waals surface area contributed by atoms with Gasteiger partial charge in [-0.1, -0.05) is 13.0 Å². The molecule has 4 nitrogen and oxygen atoms in total. The zero-order valence-corrected chi connectivity index (χ0v) is 10.9. The quantitative estimate of drug-likeness (QED) is 0.844. The van der Waals surface area contributed by atoms with E-state index in [1.54, 1.807) is 0 Å². The number of carboxylic acids is 1. The second-order valence-electron chi connectivity index (χ2n) is 4.22. The van der Waals surface area contributed by atoms with E-state index in [9.17, 15) is 18.0 Å². The van der Waals surface area contributed by atoms with Crippen LogP contribution in [0, 0.1) is 0 Å². The molecule has 0 saturated carbocycles. The number of hydrogen-bond acceptors (Lipinski definition) is 3. The van der Waals surface area contributed by atoms with Crippen molar-refractivity contribution >= 4 is 5.97 Å². The third kappa shape index (κ3) is 4.12. The highest BCUT2D eigenvalue weighted by atomic mass is 19.4. The number of aliphatic carboxylic acids is 1. The first-order valence-electron chi connectivity index (χ1n) is 6.09. The molecule has 1 atom stereocenters. The fourth-order valence-electron chi connectivity index (χ4n) is 1.69. The van der Waals surface area contributed by atoms with Crippen molar-refractivity contribution in [1.29, 1.82) is 0 Å². The number of halogens is 3. The molecule has 1 rings (SSSR count). The third-order valence-electron chi connectivity index (χ3n) is 2.70. The summed E-state index contributed by atoms with van der Waals surface area (Å²) in [7, 11) is 0. The highest BCUT2D eigenvalue weighted by molar-refractivity contribution is 5.72. The lowest BCUT2D eigenvalue weighted by atomic mass is 10.1. The van der Waals surface area contributed by atoms with Gasteiger partial charge in [0.05, 0.1) is 5.56 Å². The van der Waals surface area contributed by atoms with E-state index >= 15 is 0 Å². The number of carboxylic acid groups (broad SMARTS) is 1. The van der Waals surface area contributed by atoms with E-state index in [0.717, 1.165) is 12.1 Å². The van der Waals surface area contributed by atoms with Crippen LogP contribution in [0.1, 0.15) is 24.5 Å². The van der Waals surface area contributed by atoms with Crippen LogP contribution in [0.3, 0.4) is 0 Å². The van der Waals surface area contributed by atoms with E-state index in [-0.39, 0.29) is 13.0 Å². The maximum atomic E-state index is 13.0. The summed E-state index contributed by atoms with van der Waals surface area (Å²) in [6, 6.07) is 3.53. The van der Waals surface area contributed by atoms with Gasteiger partial charge in [-0.05, 0) is 37.1 Å². The maximum Gasteiger partial charge on any atom is 0.419 e. The van der Waals surface area contributed by atoms with Crippen molar-refractivity contribution in [3.05, 3.63) is 29.3 Å². The van der Waals surface area contributed by atoms with E-state index in [2.05, 4.69) is 0 Å². The van der Waals surface area contributed by atoms with Gasteiger partial charge >= 0.3 is 12.1 Å². The average molecular weight is 291 g/mol. The van der Waals surface area contributed by atoms with Crippen LogP contribution < -0.4 is 10.5 Å². The molecule has 0 saturated heterocycles. The second-order valence-corrected chi connectivity index (χ2v) is 4.22. The molecule has 0 aromatic heterocycles. The average Bonchev–Trinajstić information content (AvgIpc) is 2.35. The molecule has 0 spiro atoms. The Labute approximate surface area is 114 Å². The van der Waals surface area contributed by atoms with Crippen molar-refractivity contribution in [1.82, 2.24) is 0 Å². The summed E-state index contributed by atoms with van der Waals surface area (Å²) in [5.41, 5.74) is 4.75. The second kappa shape index (κ2) is 6.60. The Morgan fingerprint density at radius 2 is 2.10 bits per heavy atom. The van der Waals surface area contributed by atoms with Crippen molar-refractivity contribution in [3.63, 3.8) is 0 Å². The summed E-state index contributed by atoms with van der Waals surface area (Å²) in [5, 5.41) is 8.84. The van der Waals surface area contributed by atoms with E-state index in [1.807, 2.05) is 0 Å². The number of carbonyl (C=O) groups is 1. The SMILES string of the molecule is CCC(Oc1ccc(CCN)cc1C(F)(F)F)C(=O)O.